The van der Waals surface area contributed by atoms with E-state index in [1.54, 1.807) is 81.7 Å². The average Bonchev–Trinajstić information content (AvgIpc) is 1.62. The lowest BCUT2D eigenvalue weighted by Gasteiger charge is -2.10. The summed E-state index contributed by atoms with van der Waals surface area (Å²) in [6.07, 6.45) is 8.58. The number of carbonyl (C=O) groups is 4. The van der Waals surface area contributed by atoms with Gasteiger partial charge in [0.05, 0.1) is 99.1 Å². The summed E-state index contributed by atoms with van der Waals surface area (Å²) in [5.74, 6) is -1.48. The minimum atomic E-state index is -0.657. The molecule has 0 aliphatic heterocycles. The van der Waals surface area contributed by atoms with Gasteiger partial charge in [-0.05, 0) is 153 Å². The summed E-state index contributed by atoms with van der Waals surface area (Å²) >= 11 is 25.1. The number of nitrogens with two attached hydrogens (primary N) is 1. The van der Waals surface area contributed by atoms with Crippen molar-refractivity contribution < 1.29 is 52.9 Å². The number of esters is 4. The van der Waals surface area contributed by atoms with Gasteiger partial charge in [0.25, 0.3) is 17.1 Å². The maximum atomic E-state index is 12.1. The van der Waals surface area contributed by atoms with Gasteiger partial charge in [-0.15, -0.1) is 0 Å². The van der Waals surface area contributed by atoms with Crippen molar-refractivity contribution >= 4 is 180 Å². The summed E-state index contributed by atoms with van der Waals surface area (Å²) in [5, 5.41) is 43.6. The molecule has 2 N–H and O–H groups in total. The van der Waals surface area contributed by atoms with Crippen LogP contribution < -0.4 is 5.73 Å². The standard InChI is InChI=1S/C23H18Cl2N2O2.C21H17Cl2N3O2.C21H16N4O6.C21H17N3O4/c24-16-7-8-20(25)15(9-16)12-27-21-4-2-1-3-18(21)19-10-17(26-11-22(19)27)13-29-23(28)14-5-6-14;1-2-28-21(27)18-9-16-15-8-14(24)4-6-19(15)26(20(16)10-25-18)11-12-7-13(22)3-5-17(12)23;1-2-31-21(26)18-10-17-16-5-3-4-6-19(16)23(20(17)11-22-18)12-13-7-14(24(27)28)9-15(8-13)25(29)30;1-2-28-21(25)18-11-17-16-8-3-4-9-19(16)23(20(17)12-22-18)13-14-6-5-7-15(10-14)24(26)27/h1-4,7-11,14H,5-6,12-13H2;3-10H,2,11,24H2,1H3;3-11H,2,12H2,1H3;3-12H,2,13H2,1H3. The Labute approximate surface area is 679 Å². The Kier molecular flexibility index (Phi) is 23.6. The lowest BCUT2D eigenvalue weighted by Crippen LogP contribution is -2.07. The van der Waals surface area contributed by atoms with E-state index in [0.29, 0.717) is 63.1 Å². The zero-order valence-electron chi connectivity index (χ0n) is 62.2. The molecule has 0 radical (unpaired) electrons. The first kappa shape index (κ1) is 79.3. The third-order valence-corrected chi connectivity index (χ3v) is 20.6. The van der Waals surface area contributed by atoms with E-state index in [-0.39, 0.29) is 72.4 Å². The molecule has 1 aliphatic carbocycles. The van der Waals surface area contributed by atoms with Gasteiger partial charge in [0.2, 0.25) is 0 Å². The van der Waals surface area contributed by atoms with E-state index in [1.165, 1.54) is 24.4 Å². The fraction of sp³-hybridized carbons (Fsp3) is 0.163. The second-order valence-electron chi connectivity index (χ2n) is 26.9. The number of anilines is 1. The topological polar surface area (TPSA) is 332 Å². The molecule has 584 valence electrons. The lowest BCUT2D eigenvalue weighted by atomic mass is 10.1. The first-order valence-corrected chi connectivity index (χ1v) is 38.0. The minimum Gasteiger partial charge on any atom is -0.461 e. The van der Waals surface area contributed by atoms with Crippen molar-refractivity contribution in [3.8, 4) is 0 Å². The molecule has 1 fully saturated rings. The number of para-hydroxylation sites is 3. The molecule has 26 nitrogen and oxygen atoms in total. The molecule has 0 unspecified atom stereocenters. The van der Waals surface area contributed by atoms with E-state index >= 15 is 0 Å². The first-order chi connectivity index (χ1) is 56.0. The Morgan fingerprint density at radius 3 is 1.22 bits per heavy atom. The first-order valence-electron chi connectivity index (χ1n) is 36.5. The Balaban J connectivity index is 0.000000128. The van der Waals surface area contributed by atoms with Crippen LogP contribution in [0.5, 0.6) is 0 Å². The van der Waals surface area contributed by atoms with Crippen LogP contribution >= 0.6 is 46.4 Å². The maximum absolute atomic E-state index is 12.1. The summed E-state index contributed by atoms with van der Waals surface area (Å²) in [7, 11) is 0. The van der Waals surface area contributed by atoms with Gasteiger partial charge >= 0.3 is 23.9 Å². The van der Waals surface area contributed by atoms with E-state index in [4.69, 9.17) is 71.1 Å². The molecule has 17 rings (SSSR count). The number of nitrogen functional groups attached to an aromatic ring is 1. The van der Waals surface area contributed by atoms with Crippen LogP contribution in [0, 0.1) is 36.3 Å². The van der Waals surface area contributed by atoms with Crippen LogP contribution in [-0.4, -0.2) is 96.7 Å². The summed E-state index contributed by atoms with van der Waals surface area (Å²) in [6.45, 7) is 7.91. The highest BCUT2D eigenvalue weighted by molar-refractivity contribution is 6.34. The fourth-order valence-electron chi connectivity index (χ4n) is 13.9. The van der Waals surface area contributed by atoms with Gasteiger partial charge in [0.1, 0.15) is 23.7 Å². The highest BCUT2D eigenvalue weighted by Crippen LogP contribution is 2.38. The number of hydrogen-bond acceptors (Lipinski definition) is 19. The Bertz CT molecular complexity index is 6580. The van der Waals surface area contributed by atoms with Crippen LogP contribution in [0.1, 0.15) is 93.0 Å². The molecule has 8 heterocycles. The number of rotatable bonds is 20. The number of nitrogens with zero attached hydrogens (tertiary/aromatic N) is 11. The molecule has 1 saturated carbocycles. The van der Waals surface area contributed by atoms with E-state index in [9.17, 15) is 49.5 Å². The van der Waals surface area contributed by atoms with Gasteiger partial charge in [0, 0.05) is 141 Å². The molecule has 0 bridgehead atoms. The van der Waals surface area contributed by atoms with Gasteiger partial charge in [-0.2, -0.15) is 0 Å². The number of aromatic nitrogens is 8. The fourth-order valence-corrected chi connectivity index (χ4v) is 14.7. The molecular formula is C86H68Cl4N12O14. The van der Waals surface area contributed by atoms with Crippen LogP contribution in [-0.2, 0) is 56.5 Å². The summed E-state index contributed by atoms with van der Waals surface area (Å²) in [6, 6.07) is 57.3. The van der Waals surface area contributed by atoms with Crippen molar-refractivity contribution in [2.45, 2.75) is 66.4 Å². The molecule has 16 aromatic rings. The molecular weight excluding hydrogens is 1570 g/mol. The number of ether oxygens (including phenoxy) is 4. The second-order valence-corrected chi connectivity index (χ2v) is 28.6. The summed E-state index contributed by atoms with van der Waals surface area (Å²) in [5.41, 5.74) is 17.7. The van der Waals surface area contributed by atoms with Crippen molar-refractivity contribution in [2.75, 3.05) is 25.6 Å². The molecule has 0 spiro atoms. The molecule has 0 amide bonds. The smallest absolute Gasteiger partial charge is 0.356 e. The monoisotopic (exact) mass is 1630 g/mol. The second kappa shape index (κ2) is 34.5. The number of carbonyl (C=O) groups excluding carboxylic acids is 4. The predicted octanol–water partition coefficient (Wildman–Crippen LogP) is 19.9. The number of fused-ring (bicyclic) bond motifs is 12. The lowest BCUT2D eigenvalue weighted by molar-refractivity contribution is -0.394. The van der Waals surface area contributed by atoms with Crippen molar-refractivity contribution in [3.63, 3.8) is 0 Å². The Morgan fingerprint density at radius 1 is 0.397 bits per heavy atom. The molecule has 8 aromatic carbocycles. The third kappa shape index (κ3) is 17.1. The number of pyridine rings is 4. The summed E-state index contributed by atoms with van der Waals surface area (Å²) in [4.78, 5) is 97.3. The zero-order valence-corrected chi connectivity index (χ0v) is 65.2. The molecule has 0 atom stereocenters. The molecule has 1 aliphatic rings. The van der Waals surface area contributed by atoms with E-state index in [2.05, 4.69) is 41.2 Å². The average molecular weight is 1640 g/mol. The normalized spacial score (nSPS) is 11.8. The predicted molar refractivity (Wildman–Crippen MR) is 446 cm³/mol. The number of halogens is 4. The highest BCUT2D eigenvalue weighted by atomic mass is 35.5. The maximum Gasteiger partial charge on any atom is 0.356 e. The van der Waals surface area contributed by atoms with Crippen molar-refractivity contribution in [1.29, 1.82) is 0 Å². The number of nitro benzene ring substituents is 3. The van der Waals surface area contributed by atoms with Crippen molar-refractivity contribution in [3.05, 3.63) is 314 Å². The van der Waals surface area contributed by atoms with Gasteiger partial charge in [0.15, 0.2) is 0 Å². The highest BCUT2D eigenvalue weighted by Gasteiger charge is 2.32. The third-order valence-electron chi connectivity index (χ3n) is 19.4. The number of non-ortho nitro benzene ring substituents is 3. The van der Waals surface area contributed by atoms with E-state index in [1.807, 2.05) is 125 Å². The number of benzene rings is 8. The Hall–Kier alpha value is -13.4. The van der Waals surface area contributed by atoms with E-state index in [0.717, 1.165) is 123 Å². The SMILES string of the molecule is CCOC(=O)c1cc2c3cc(N)ccc3n(Cc3cc(Cl)ccc3Cl)c2cn1.CCOC(=O)c1cc2c3ccccc3n(Cc3cc([N+](=O)[O-])cc([N+](=O)[O-])c3)c2cn1.CCOC(=O)c1cc2c3ccccc3n(Cc3cccc([N+](=O)[O-])c3)c2cn1.O=C(OCc1cc2c3ccccc3n(Cc3cc(Cl)ccc3Cl)c2cn1)C1CC1. The van der Waals surface area contributed by atoms with Gasteiger partial charge in [-0.3, -0.25) is 40.1 Å². The van der Waals surface area contributed by atoms with Crippen LogP contribution in [0.4, 0.5) is 22.7 Å². The van der Waals surface area contributed by atoms with Crippen LogP contribution in [0.25, 0.3) is 87.2 Å². The van der Waals surface area contributed by atoms with Crippen LogP contribution in [0.3, 0.4) is 0 Å². The zero-order chi connectivity index (χ0) is 81.6. The van der Waals surface area contributed by atoms with Gasteiger partial charge in [-0.25, -0.2) is 29.3 Å². The molecule has 8 aromatic heterocycles. The van der Waals surface area contributed by atoms with Gasteiger partial charge in [-0.1, -0.05) is 113 Å². The largest absolute Gasteiger partial charge is 0.461 e. The molecule has 116 heavy (non-hydrogen) atoms. The minimum absolute atomic E-state index is 0.0565. The van der Waals surface area contributed by atoms with E-state index < -0.39 is 32.7 Å². The van der Waals surface area contributed by atoms with Crippen LogP contribution in [0.15, 0.2) is 219 Å². The van der Waals surface area contributed by atoms with Crippen molar-refractivity contribution in [2.24, 2.45) is 5.92 Å². The van der Waals surface area contributed by atoms with Crippen LogP contribution in [0.2, 0.25) is 20.1 Å². The molecule has 30 heteroatoms. The van der Waals surface area contributed by atoms with Gasteiger partial charge < -0.3 is 42.9 Å². The summed E-state index contributed by atoms with van der Waals surface area (Å²) < 4.78 is 28.7. The van der Waals surface area contributed by atoms with Crippen molar-refractivity contribution in [1.82, 2.24) is 38.2 Å². The Morgan fingerprint density at radius 2 is 0.784 bits per heavy atom. The molecule has 0 saturated heterocycles. The number of nitro groups is 3. The quantitative estimate of drug-likeness (QED) is 0.0243. The number of hydrogen-bond donors (Lipinski definition) is 1.